The predicted molar refractivity (Wildman–Crippen MR) is 102 cm³/mol. The number of nitrogens with zero attached hydrogens (tertiary/aromatic N) is 1. The molecular weight excluding hydrogens is 292 g/mol. The summed E-state index contributed by atoms with van der Waals surface area (Å²) in [6.07, 6.45) is 5.24. The Morgan fingerprint density at radius 3 is 2.54 bits per heavy atom. The lowest BCUT2D eigenvalue weighted by atomic mass is 10.0. The smallest absolute Gasteiger partial charge is 0.0497 e. The van der Waals surface area contributed by atoms with E-state index >= 15 is 0 Å². The maximum Gasteiger partial charge on any atom is 0.0497 e. The molecule has 2 aromatic carbocycles. The second-order valence-electron chi connectivity index (χ2n) is 7.05. The van der Waals surface area contributed by atoms with Gasteiger partial charge in [0, 0.05) is 23.1 Å². The number of H-pyrrole nitrogens is 1. The van der Waals surface area contributed by atoms with E-state index in [0.717, 1.165) is 6.42 Å². The highest BCUT2D eigenvalue weighted by Gasteiger charge is 2.16. The molecule has 2 heterocycles. The molecule has 24 heavy (non-hydrogen) atoms. The van der Waals surface area contributed by atoms with E-state index in [-0.39, 0.29) is 0 Å². The summed E-state index contributed by atoms with van der Waals surface area (Å²) in [5.41, 5.74) is 6.66. The average Bonchev–Trinajstić information content (AvgIpc) is 2.99. The van der Waals surface area contributed by atoms with E-state index in [0.29, 0.717) is 0 Å². The third kappa shape index (κ3) is 3.11. The maximum absolute atomic E-state index is 3.68. The number of hydrogen-bond donors (Lipinski definition) is 1. The minimum absolute atomic E-state index is 1.12. The normalized spacial score (nSPS) is 15.9. The molecule has 2 heteroatoms. The van der Waals surface area contributed by atoms with Crippen LogP contribution in [0.3, 0.4) is 0 Å². The van der Waals surface area contributed by atoms with Gasteiger partial charge < -0.3 is 9.88 Å². The van der Waals surface area contributed by atoms with E-state index in [1.54, 1.807) is 0 Å². The van der Waals surface area contributed by atoms with Crippen molar-refractivity contribution in [3.8, 4) is 11.3 Å². The van der Waals surface area contributed by atoms with Crippen molar-refractivity contribution in [3.05, 3.63) is 59.7 Å². The summed E-state index contributed by atoms with van der Waals surface area (Å²) in [5.74, 6) is 0. The molecule has 1 fully saturated rings. The highest BCUT2D eigenvalue weighted by Crippen LogP contribution is 2.31. The molecule has 0 atom stereocenters. The number of rotatable bonds is 4. The van der Waals surface area contributed by atoms with Crippen LogP contribution in [0.2, 0.25) is 0 Å². The molecule has 2 nitrogen and oxygen atoms in total. The zero-order valence-corrected chi connectivity index (χ0v) is 14.5. The Balaban J connectivity index is 1.71. The van der Waals surface area contributed by atoms with Gasteiger partial charge in [0.2, 0.25) is 0 Å². The second kappa shape index (κ2) is 6.82. The summed E-state index contributed by atoms with van der Waals surface area (Å²) in [4.78, 5) is 6.31. The minimum atomic E-state index is 1.12. The topological polar surface area (TPSA) is 19.0 Å². The van der Waals surface area contributed by atoms with Gasteiger partial charge in [-0.15, -0.1) is 0 Å². The zero-order chi connectivity index (χ0) is 16.4. The Bertz CT molecular complexity index is 811. The van der Waals surface area contributed by atoms with Gasteiger partial charge in [-0.1, -0.05) is 48.4 Å². The fraction of sp³-hybridized carbons (Fsp3) is 0.364. The van der Waals surface area contributed by atoms with Crippen LogP contribution in [-0.2, 0) is 6.42 Å². The fourth-order valence-electron chi connectivity index (χ4n) is 3.93. The number of nitrogens with one attached hydrogen (secondary N) is 1. The molecule has 0 radical (unpaired) electrons. The van der Waals surface area contributed by atoms with Crippen molar-refractivity contribution in [3.63, 3.8) is 0 Å². The van der Waals surface area contributed by atoms with Gasteiger partial charge in [0.1, 0.15) is 0 Å². The van der Waals surface area contributed by atoms with Crippen LogP contribution in [0.25, 0.3) is 22.2 Å². The first-order valence-electron chi connectivity index (χ1n) is 9.20. The number of piperidine rings is 1. The van der Waals surface area contributed by atoms with Crippen molar-refractivity contribution >= 4 is 10.9 Å². The number of aromatic amines is 1. The van der Waals surface area contributed by atoms with Crippen LogP contribution < -0.4 is 0 Å². The van der Waals surface area contributed by atoms with Gasteiger partial charge in [0.25, 0.3) is 0 Å². The van der Waals surface area contributed by atoms with Crippen LogP contribution in [0.1, 0.15) is 30.4 Å². The molecule has 1 saturated heterocycles. The van der Waals surface area contributed by atoms with Gasteiger partial charge in [0.15, 0.2) is 0 Å². The first-order valence-corrected chi connectivity index (χ1v) is 9.20. The molecule has 4 rings (SSSR count). The van der Waals surface area contributed by atoms with Crippen molar-refractivity contribution in [2.45, 2.75) is 32.6 Å². The zero-order valence-electron chi connectivity index (χ0n) is 14.5. The van der Waals surface area contributed by atoms with Crippen molar-refractivity contribution in [2.75, 3.05) is 19.6 Å². The Morgan fingerprint density at radius 2 is 1.75 bits per heavy atom. The van der Waals surface area contributed by atoms with E-state index in [4.69, 9.17) is 0 Å². The van der Waals surface area contributed by atoms with E-state index in [1.165, 1.54) is 72.2 Å². The number of benzene rings is 2. The number of aryl methyl sites for hydroxylation is 1. The molecule has 124 valence electrons. The molecule has 0 aliphatic carbocycles. The first kappa shape index (κ1) is 15.5. The lowest BCUT2D eigenvalue weighted by Crippen LogP contribution is -2.31. The number of fused-ring (bicyclic) bond motifs is 1. The van der Waals surface area contributed by atoms with Crippen molar-refractivity contribution in [2.24, 2.45) is 0 Å². The minimum Gasteiger partial charge on any atom is -0.354 e. The molecule has 0 unspecified atom stereocenters. The highest BCUT2D eigenvalue weighted by molar-refractivity contribution is 5.91. The molecule has 0 bridgehead atoms. The Hall–Kier alpha value is -2.06. The van der Waals surface area contributed by atoms with Gasteiger partial charge in [-0.25, -0.2) is 0 Å². The molecule has 0 spiro atoms. The Morgan fingerprint density at radius 1 is 0.958 bits per heavy atom. The molecule has 1 aliphatic heterocycles. The second-order valence-corrected chi connectivity index (χ2v) is 7.05. The molecule has 1 aliphatic rings. The predicted octanol–water partition coefficient (Wildman–Crippen LogP) is 5.17. The summed E-state index contributed by atoms with van der Waals surface area (Å²) in [7, 11) is 0. The first-order chi connectivity index (χ1) is 11.8. The van der Waals surface area contributed by atoms with Gasteiger partial charge in [0.05, 0.1) is 0 Å². The lowest BCUT2D eigenvalue weighted by Gasteiger charge is -2.26. The maximum atomic E-state index is 3.68. The summed E-state index contributed by atoms with van der Waals surface area (Å²) >= 11 is 0. The van der Waals surface area contributed by atoms with E-state index < -0.39 is 0 Å². The quantitative estimate of drug-likeness (QED) is 0.703. The highest BCUT2D eigenvalue weighted by atomic mass is 15.1. The largest absolute Gasteiger partial charge is 0.354 e. The van der Waals surface area contributed by atoms with Gasteiger partial charge >= 0.3 is 0 Å². The molecule has 1 N–H and O–H groups in total. The summed E-state index contributed by atoms with van der Waals surface area (Å²) in [5, 5.41) is 1.39. The van der Waals surface area contributed by atoms with Crippen LogP contribution in [0.4, 0.5) is 0 Å². The molecule has 0 amide bonds. The van der Waals surface area contributed by atoms with Crippen LogP contribution in [0.5, 0.6) is 0 Å². The Kier molecular flexibility index (Phi) is 4.40. The van der Waals surface area contributed by atoms with E-state index in [9.17, 15) is 0 Å². The molecule has 1 aromatic heterocycles. The summed E-state index contributed by atoms with van der Waals surface area (Å²) < 4.78 is 0. The van der Waals surface area contributed by atoms with E-state index in [2.05, 4.69) is 65.3 Å². The monoisotopic (exact) mass is 318 g/mol. The summed E-state index contributed by atoms with van der Waals surface area (Å²) in [6, 6.07) is 17.5. The van der Waals surface area contributed by atoms with E-state index in [1.807, 2.05) is 0 Å². The molecular formula is C22H26N2. The van der Waals surface area contributed by atoms with Crippen molar-refractivity contribution in [1.82, 2.24) is 9.88 Å². The average molecular weight is 318 g/mol. The van der Waals surface area contributed by atoms with Gasteiger partial charge in [-0.3, -0.25) is 0 Å². The van der Waals surface area contributed by atoms with Crippen molar-refractivity contribution < 1.29 is 0 Å². The number of likely N-dealkylation sites (tertiary alicyclic amines) is 1. The van der Waals surface area contributed by atoms with Crippen LogP contribution >= 0.6 is 0 Å². The third-order valence-corrected chi connectivity index (χ3v) is 5.25. The van der Waals surface area contributed by atoms with Gasteiger partial charge in [-0.2, -0.15) is 0 Å². The van der Waals surface area contributed by atoms with Crippen molar-refractivity contribution in [1.29, 1.82) is 0 Å². The van der Waals surface area contributed by atoms with Crippen LogP contribution in [-0.4, -0.2) is 29.5 Å². The van der Waals surface area contributed by atoms with Gasteiger partial charge in [-0.05, 0) is 62.5 Å². The lowest BCUT2D eigenvalue weighted by molar-refractivity contribution is 0.232. The van der Waals surface area contributed by atoms with Crippen LogP contribution in [0.15, 0.2) is 48.5 Å². The summed E-state index contributed by atoms with van der Waals surface area (Å²) in [6.45, 7) is 5.88. The number of aromatic nitrogens is 1. The SMILES string of the molecule is Cc1ccc2[nH]c(-c3ccccc3)c(CCN3CCCCC3)c2c1. The standard InChI is InChI=1S/C22H26N2/c1-17-10-11-21-20(16-17)19(12-15-24-13-6-3-7-14-24)22(23-21)18-8-4-2-5-9-18/h2,4-5,8-11,16,23H,3,6-7,12-15H2,1H3. The fourth-order valence-corrected chi connectivity index (χ4v) is 3.93. The number of hydrogen-bond acceptors (Lipinski definition) is 1. The third-order valence-electron chi connectivity index (χ3n) is 5.25. The Labute approximate surface area is 144 Å². The molecule has 3 aromatic rings. The van der Waals surface area contributed by atoms with Crippen LogP contribution in [0, 0.1) is 6.92 Å². The molecule has 0 saturated carbocycles.